The summed E-state index contributed by atoms with van der Waals surface area (Å²) in [7, 11) is 0. The lowest BCUT2D eigenvalue weighted by atomic mass is 9.81. The van der Waals surface area contributed by atoms with Gasteiger partial charge in [-0.25, -0.2) is 0 Å². The predicted octanol–water partition coefficient (Wildman–Crippen LogP) is 15.5. The molecule has 0 spiro atoms. The first-order valence-electron chi connectivity index (χ1n) is 19.7. The second-order valence-electron chi connectivity index (χ2n) is 16.5. The van der Waals surface area contributed by atoms with Crippen molar-refractivity contribution in [1.82, 2.24) is 0 Å². The largest absolute Gasteiger partial charge is 0.310 e. The van der Waals surface area contributed by atoms with Crippen molar-refractivity contribution in [2.75, 3.05) is 4.90 Å². The summed E-state index contributed by atoms with van der Waals surface area (Å²) in [5.74, 6) is 0. The van der Waals surface area contributed by atoms with Crippen LogP contribution in [0.15, 0.2) is 176 Å². The maximum absolute atomic E-state index is 2.48. The van der Waals surface area contributed by atoms with Crippen LogP contribution < -0.4 is 4.90 Å². The molecule has 1 aromatic heterocycles. The third-order valence-electron chi connectivity index (χ3n) is 12.7. The average molecular weight is 736 g/mol. The maximum Gasteiger partial charge on any atom is 0.0543 e. The van der Waals surface area contributed by atoms with Gasteiger partial charge in [0.25, 0.3) is 0 Å². The molecular weight excluding hydrogens is 695 g/mol. The Hall–Kier alpha value is -6.22. The lowest BCUT2D eigenvalue weighted by Crippen LogP contribution is -2.16. The number of fused-ring (bicyclic) bond motifs is 9. The van der Waals surface area contributed by atoms with E-state index < -0.39 is 0 Å². The van der Waals surface area contributed by atoms with Gasteiger partial charge >= 0.3 is 0 Å². The molecule has 11 rings (SSSR count). The highest BCUT2D eigenvalue weighted by atomic mass is 32.1. The second kappa shape index (κ2) is 12.1. The third-order valence-corrected chi connectivity index (χ3v) is 13.8. The summed E-state index contributed by atoms with van der Waals surface area (Å²) in [6.07, 6.45) is 0. The van der Waals surface area contributed by atoms with E-state index in [9.17, 15) is 0 Å². The van der Waals surface area contributed by atoms with Crippen molar-refractivity contribution in [1.29, 1.82) is 0 Å². The van der Waals surface area contributed by atoms with E-state index in [0.29, 0.717) is 0 Å². The molecule has 1 nitrogen and oxygen atoms in total. The van der Waals surface area contributed by atoms with E-state index in [1.165, 1.54) is 92.6 Å². The number of benzene rings is 8. The molecule has 0 saturated heterocycles. The van der Waals surface area contributed by atoms with E-state index in [-0.39, 0.29) is 10.8 Å². The van der Waals surface area contributed by atoms with Gasteiger partial charge in [-0.3, -0.25) is 0 Å². The van der Waals surface area contributed by atoms with E-state index in [4.69, 9.17) is 0 Å². The molecule has 2 aliphatic rings. The van der Waals surface area contributed by atoms with Crippen LogP contribution >= 0.6 is 11.3 Å². The van der Waals surface area contributed by atoms with Crippen molar-refractivity contribution >= 4 is 48.6 Å². The summed E-state index contributed by atoms with van der Waals surface area (Å²) < 4.78 is 2.65. The molecule has 2 aliphatic carbocycles. The number of anilines is 3. The number of hydrogen-bond donors (Lipinski definition) is 0. The Morgan fingerprint density at radius 2 is 0.982 bits per heavy atom. The van der Waals surface area contributed by atoms with Crippen LogP contribution in [0, 0.1) is 0 Å². The van der Waals surface area contributed by atoms with Gasteiger partial charge in [0.05, 0.1) is 5.69 Å². The number of hydrogen-bond acceptors (Lipinski definition) is 2. The quantitative estimate of drug-likeness (QED) is 0.170. The van der Waals surface area contributed by atoms with Gasteiger partial charge in [-0.05, 0) is 110 Å². The zero-order valence-electron chi connectivity index (χ0n) is 32.1. The molecule has 0 amide bonds. The first-order chi connectivity index (χ1) is 27.3. The molecule has 0 saturated carbocycles. The summed E-state index contributed by atoms with van der Waals surface area (Å²) in [5.41, 5.74) is 19.1. The molecule has 0 radical (unpaired) electrons. The van der Waals surface area contributed by atoms with E-state index in [2.05, 4.69) is 209 Å². The fourth-order valence-corrected chi connectivity index (χ4v) is 11.0. The van der Waals surface area contributed by atoms with E-state index in [1.807, 2.05) is 11.3 Å². The van der Waals surface area contributed by atoms with Crippen molar-refractivity contribution < 1.29 is 0 Å². The lowest BCUT2D eigenvalue weighted by Gasteiger charge is -2.29. The number of thiophene rings is 1. The van der Waals surface area contributed by atoms with Crippen LogP contribution in [0.3, 0.4) is 0 Å². The van der Waals surface area contributed by atoms with Crippen molar-refractivity contribution in [2.45, 2.75) is 38.5 Å². The molecule has 268 valence electrons. The second-order valence-corrected chi connectivity index (χ2v) is 17.6. The van der Waals surface area contributed by atoms with Crippen LogP contribution in [0.5, 0.6) is 0 Å². The van der Waals surface area contributed by atoms with Gasteiger partial charge in [0.1, 0.15) is 0 Å². The van der Waals surface area contributed by atoms with E-state index in [1.54, 1.807) is 0 Å². The Morgan fingerprint density at radius 3 is 1.82 bits per heavy atom. The summed E-state index contributed by atoms with van der Waals surface area (Å²) in [6.45, 7) is 9.45. The third kappa shape index (κ3) is 4.79. The molecule has 8 aromatic carbocycles. The Bertz CT molecular complexity index is 3030. The summed E-state index contributed by atoms with van der Waals surface area (Å²) >= 11 is 1.87. The minimum Gasteiger partial charge on any atom is -0.310 e. The summed E-state index contributed by atoms with van der Waals surface area (Å²) in [5, 5.41) is 2.66. The topological polar surface area (TPSA) is 3.24 Å². The SMILES string of the molecule is CC1(C)c2ccccc2-c2ccc(-c3cccc(N(c4ccc(-c5cccc6sc7ccccc7c56)cc4)c4cccc5c4-c4ccccc4C5(C)C)c3)cc21. The first-order valence-corrected chi connectivity index (χ1v) is 20.5. The zero-order chi connectivity index (χ0) is 37.8. The summed E-state index contributed by atoms with van der Waals surface area (Å²) in [6, 6.07) is 65.7. The molecule has 0 fully saturated rings. The Balaban J connectivity index is 1.08. The van der Waals surface area contributed by atoms with E-state index >= 15 is 0 Å². The van der Waals surface area contributed by atoms with Crippen LogP contribution in [0.25, 0.3) is 64.7 Å². The van der Waals surface area contributed by atoms with Crippen LogP contribution in [0.4, 0.5) is 17.1 Å². The standard InChI is InChI=1S/C54H41NS/c1-53(2)45-21-9-6-17-42(45)52-46(53)22-13-23-48(52)55(37-29-26-34(27-30-37)39-19-12-25-50-51(39)43-18-7-10-24-49(43)56-50)38-15-11-14-35(32-38)36-28-31-41-40-16-5-8-20-44(40)54(3,4)47(41)33-36/h5-33H,1-4H3. The molecule has 9 aromatic rings. The Labute approximate surface area is 333 Å². The van der Waals surface area contributed by atoms with Crippen LogP contribution in [0.2, 0.25) is 0 Å². The van der Waals surface area contributed by atoms with Gasteiger partial charge in [-0.15, -0.1) is 11.3 Å². The normalized spacial score (nSPS) is 14.4. The zero-order valence-corrected chi connectivity index (χ0v) is 32.9. The minimum atomic E-state index is -0.101. The molecule has 0 aliphatic heterocycles. The maximum atomic E-state index is 2.48. The van der Waals surface area contributed by atoms with Gasteiger partial charge in [0.15, 0.2) is 0 Å². The van der Waals surface area contributed by atoms with Crippen LogP contribution in [-0.2, 0) is 10.8 Å². The van der Waals surface area contributed by atoms with Gasteiger partial charge < -0.3 is 4.90 Å². The molecular formula is C54H41NS. The van der Waals surface area contributed by atoms with Crippen molar-refractivity contribution in [3.8, 4) is 44.5 Å². The van der Waals surface area contributed by atoms with Crippen LogP contribution in [-0.4, -0.2) is 0 Å². The van der Waals surface area contributed by atoms with Crippen molar-refractivity contribution in [2.24, 2.45) is 0 Å². The van der Waals surface area contributed by atoms with Gasteiger partial charge in [-0.2, -0.15) is 0 Å². The molecule has 0 N–H and O–H groups in total. The molecule has 0 atom stereocenters. The van der Waals surface area contributed by atoms with Crippen LogP contribution in [0.1, 0.15) is 49.9 Å². The summed E-state index contributed by atoms with van der Waals surface area (Å²) in [4.78, 5) is 2.48. The first kappa shape index (κ1) is 33.1. The Morgan fingerprint density at radius 1 is 0.393 bits per heavy atom. The monoisotopic (exact) mass is 735 g/mol. The highest BCUT2D eigenvalue weighted by Crippen LogP contribution is 2.55. The Kier molecular flexibility index (Phi) is 7.18. The average Bonchev–Trinajstić information content (AvgIpc) is 3.81. The molecule has 1 heterocycles. The fraction of sp³-hybridized carbons (Fsp3) is 0.111. The van der Waals surface area contributed by atoms with Crippen molar-refractivity contribution in [3.05, 3.63) is 198 Å². The fourth-order valence-electron chi connectivity index (χ4n) is 9.86. The molecule has 2 heteroatoms. The highest BCUT2D eigenvalue weighted by molar-refractivity contribution is 7.25. The van der Waals surface area contributed by atoms with E-state index in [0.717, 1.165) is 11.4 Å². The molecule has 0 bridgehead atoms. The van der Waals surface area contributed by atoms with Gasteiger partial charge in [0, 0.05) is 47.9 Å². The molecule has 0 unspecified atom stereocenters. The predicted molar refractivity (Wildman–Crippen MR) is 240 cm³/mol. The highest BCUT2D eigenvalue weighted by Gasteiger charge is 2.38. The molecule has 56 heavy (non-hydrogen) atoms. The smallest absolute Gasteiger partial charge is 0.0543 e. The minimum absolute atomic E-state index is 0.0578. The number of rotatable bonds is 5. The van der Waals surface area contributed by atoms with Gasteiger partial charge in [-0.1, -0.05) is 155 Å². The van der Waals surface area contributed by atoms with Crippen molar-refractivity contribution in [3.63, 3.8) is 0 Å². The lowest BCUT2D eigenvalue weighted by molar-refractivity contribution is 0.660. The van der Waals surface area contributed by atoms with Gasteiger partial charge in [0.2, 0.25) is 0 Å². The number of nitrogens with zero attached hydrogens (tertiary/aromatic N) is 1.